The Kier molecular flexibility index (Phi) is 6.09. The van der Waals surface area contributed by atoms with Crippen molar-refractivity contribution in [2.24, 2.45) is 0 Å². The molecule has 0 radical (unpaired) electrons. The fourth-order valence-corrected chi connectivity index (χ4v) is 5.05. The zero-order valence-electron chi connectivity index (χ0n) is 18.8. The number of pyridine rings is 1. The van der Waals surface area contributed by atoms with Crippen LogP contribution in [0.2, 0.25) is 0 Å². The Labute approximate surface area is 193 Å². The van der Waals surface area contributed by atoms with Gasteiger partial charge in [-0.25, -0.2) is 4.39 Å². The number of amides is 1. The van der Waals surface area contributed by atoms with Crippen LogP contribution in [0.15, 0.2) is 60.8 Å². The van der Waals surface area contributed by atoms with Crippen LogP contribution in [0.3, 0.4) is 0 Å². The van der Waals surface area contributed by atoms with Gasteiger partial charge >= 0.3 is 0 Å². The molecule has 1 aromatic heterocycles. The second-order valence-electron chi connectivity index (χ2n) is 8.85. The highest BCUT2D eigenvalue weighted by Crippen LogP contribution is 2.38. The van der Waals surface area contributed by atoms with Gasteiger partial charge in [-0.15, -0.1) is 0 Å². The van der Waals surface area contributed by atoms with E-state index in [9.17, 15) is 9.18 Å². The molecule has 3 aromatic rings. The second kappa shape index (κ2) is 9.32. The van der Waals surface area contributed by atoms with Crippen molar-refractivity contribution in [2.75, 3.05) is 20.2 Å². The summed E-state index contributed by atoms with van der Waals surface area (Å²) in [5, 5.41) is 3.17. The number of methoxy groups -OCH3 is 1. The lowest BCUT2D eigenvalue weighted by atomic mass is 10.00. The van der Waals surface area contributed by atoms with E-state index in [2.05, 4.69) is 33.4 Å². The average Bonchev–Trinajstić information content (AvgIpc) is 3.28. The van der Waals surface area contributed by atoms with Crippen LogP contribution in [0.25, 0.3) is 11.3 Å². The van der Waals surface area contributed by atoms with Crippen molar-refractivity contribution >= 4 is 5.91 Å². The Morgan fingerprint density at radius 3 is 2.67 bits per heavy atom. The molecule has 170 valence electrons. The topological polar surface area (TPSA) is 54.5 Å². The third kappa shape index (κ3) is 4.62. The fourth-order valence-electron chi connectivity index (χ4n) is 5.05. The van der Waals surface area contributed by atoms with Crippen LogP contribution in [0.4, 0.5) is 4.39 Å². The summed E-state index contributed by atoms with van der Waals surface area (Å²) in [6.45, 7) is 1.94. The number of nitrogens with one attached hydrogen (secondary N) is 1. The minimum Gasteiger partial charge on any atom is -0.497 e. The number of benzene rings is 2. The molecule has 1 aliphatic carbocycles. The molecule has 1 atom stereocenters. The van der Waals surface area contributed by atoms with Crippen LogP contribution < -0.4 is 10.1 Å². The molecule has 1 fully saturated rings. The number of halogens is 1. The van der Waals surface area contributed by atoms with E-state index >= 15 is 0 Å². The summed E-state index contributed by atoms with van der Waals surface area (Å²) < 4.78 is 18.8. The summed E-state index contributed by atoms with van der Waals surface area (Å²) in [5.74, 6) is 0.516. The van der Waals surface area contributed by atoms with E-state index in [1.54, 1.807) is 37.6 Å². The van der Waals surface area contributed by atoms with E-state index in [0.29, 0.717) is 22.9 Å². The van der Waals surface area contributed by atoms with Crippen LogP contribution >= 0.6 is 0 Å². The SMILES string of the molecule is COc1ccc2c(c1)CCC2N1CCC(NC(=O)c2ccc(-c3cccc(F)c3)nc2)CC1. The first kappa shape index (κ1) is 21.6. The van der Waals surface area contributed by atoms with Crippen molar-refractivity contribution in [1.82, 2.24) is 15.2 Å². The normalized spacial score (nSPS) is 18.7. The Morgan fingerprint density at radius 1 is 1.09 bits per heavy atom. The van der Waals surface area contributed by atoms with E-state index in [1.807, 2.05) is 0 Å². The van der Waals surface area contributed by atoms with Crippen LogP contribution in [-0.2, 0) is 6.42 Å². The molecule has 33 heavy (non-hydrogen) atoms. The average molecular weight is 446 g/mol. The Balaban J connectivity index is 1.16. The molecule has 2 aliphatic rings. The zero-order valence-corrected chi connectivity index (χ0v) is 18.8. The van der Waals surface area contributed by atoms with Crippen molar-refractivity contribution in [3.8, 4) is 17.0 Å². The maximum atomic E-state index is 13.5. The number of rotatable bonds is 5. The Hall–Kier alpha value is -3.25. The number of fused-ring (bicyclic) bond motifs is 1. The molecule has 6 heteroatoms. The third-order valence-corrected chi connectivity index (χ3v) is 6.85. The molecule has 1 unspecified atom stereocenters. The molecule has 1 aliphatic heterocycles. The Bertz CT molecular complexity index is 1140. The molecular formula is C27H28FN3O2. The predicted octanol–water partition coefficient (Wildman–Crippen LogP) is 4.78. The first-order chi connectivity index (χ1) is 16.1. The number of ether oxygens (including phenoxy) is 1. The molecule has 0 saturated carbocycles. The van der Waals surface area contributed by atoms with Crippen LogP contribution in [0.5, 0.6) is 5.75 Å². The van der Waals surface area contributed by atoms with Crippen LogP contribution in [-0.4, -0.2) is 42.0 Å². The van der Waals surface area contributed by atoms with E-state index in [-0.39, 0.29) is 17.8 Å². The number of aromatic nitrogens is 1. The predicted molar refractivity (Wildman–Crippen MR) is 126 cm³/mol. The summed E-state index contributed by atoms with van der Waals surface area (Å²) >= 11 is 0. The molecule has 5 rings (SSSR count). The standard InChI is InChI=1S/C27H28FN3O2/c1-33-23-7-8-24-18(16-23)6-10-26(24)31-13-11-22(12-14-31)30-27(32)20-5-9-25(29-17-20)19-3-2-4-21(28)15-19/h2-5,7-9,15-17,22,26H,6,10-14H2,1H3,(H,30,32). The number of carbonyl (C=O) groups excluding carboxylic acids is 1. The van der Waals surface area contributed by atoms with Gasteiger partial charge in [0.2, 0.25) is 0 Å². The van der Waals surface area contributed by atoms with Gasteiger partial charge in [-0.05, 0) is 73.2 Å². The van der Waals surface area contributed by atoms with Crippen LogP contribution in [0, 0.1) is 5.82 Å². The third-order valence-electron chi connectivity index (χ3n) is 6.85. The van der Waals surface area contributed by atoms with Gasteiger partial charge in [-0.2, -0.15) is 0 Å². The monoisotopic (exact) mass is 445 g/mol. The van der Waals surface area contributed by atoms with Gasteiger partial charge in [0.1, 0.15) is 11.6 Å². The number of aryl methyl sites for hydroxylation is 1. The number of likely N-dealkylation sites (tertiary alicyclic amines) is 1. The lowest BCUT2D eigenvalue weighted by molar-refractivity contribution is 0.0890. The molecule has 1 saturated heterocycles. The van der Waals surface area contributed by atoms with Crippen LogP contribution in [0.1, 0.15) is 46.8 Å². The molecule has 5 nitrogen and oxygen atoms in total. The quantitative estimate of drug-likeness (QED) is 0.614. The van der Waals surface area contributed by atoms with Gasteiger partial charge in [0.05, 0.1) is 18.4 Å². The summed E-state index contributed by atoms with van der Waals surface area (Å²) in [7, 11) is 1.71. The second-order valence-corrected chi connectivity index (χ2v) is 8.85. The number of nitrogens with zero attached hydrogens (tertiary/aromatic N) is 2. The zero-order chi connectivity index (χ0) is 22.8. The maximum absolute atomic E-state index is 13.5. The van der Waals surface area contributed by atoms with E-state index in [4.69, 9.17) is 4.74 Å². The molecule has 1 N–H and O–H groups in total. The molecule has 1 amide bonds. The van der Waals surface area contributed by atoms with Gasteiger partial charge in [0.15, 0.2) is 0 Å². The molecular weight excluding hydrogens is 417 g/mol. The Morgan fingerprint density at radius 2 is 1.94 bits per heavy atom. The minimum absolute atomic E-state index is 0.106. The number of hydrogen-bond acceptors (Lipinski definition) is 4. The maximum Gasteiger partial charge on any atom is 0.253 e. The van der Waals surface area contributed by atoms with Crippen molar-refractivity contribution in [2.45, 2.75) is 37.8 Å². The fraction of sp³-hybridized carbons (Fsp3) is 0.333. The number of carbonyl (C=O) groups is 1. The summed E-state index contributed by atoms with van der Waals surface area (Å²) in [5.41, 5.74) is 4.68. The van der Waals surface area contributed by atoms with Gasteiger partial charge < -0.3 is 10.1 Å². The van der Waals surface area contributed by atoms with Crippen molar-refractivity contribution < 1.29 is 13.9 Å². The molecule has 0 bridgehead atoms. The summed E-state index contributed by atoms with van der Waals surface area (Å²) in [6.07, 6.45) is 5.66. The smallest absolute Gasteiger partial charge is 0.253 e. The van der Waals surface area contributed by atoms with Crippen molar-refractivity contribution in [1.29, 1.82) is 0 Å². The number of piperidine rings is 1. The molecule has 0 spiro atoms. The minimum atomic E-state index is -0.303. The van der Waals surface area contributed by atoms with E-state index in [1.165, 1.54) is 23.3 Å². The summed E-state index contributed by atoms with van der Waals surface area (Å²) in [6, 6.07) is 16.9. The molecule has 2 heterocycles. The van der Waals surface area contributed by atoms with Gasteiger partial charge in [0, 0.05) is 36.9 Å². The first-order valence-electron chi connectivity index (χ1n) is 11.5. The number of hydrogen-bond donors (Lipinski definition) is 1. The van der Waals surface area contributed by atoms with Gasteiger partial charge in [-0.3, -0.25) is 14.7 Å². The largest absolute Gasteiger partial charge is 0.497 e. The highest BCUT2D eigenvalue weighted by Gasteiger charge is 2.31. The first-order valence-corrected chi connectivity index (χ1v) is 11.5. The highest BCUT2D eigenvalue weighted by molar-refractivity contribution is 5.94. The van der Waals surface area contributed by atoms with Crippen molar-refractivity contribution in [3.63, 3.8) is 0 Å². The summed E-state index contributed by atoms with van der Waals surface area (Å²) in [4.78, 5) is 19.6. The van der Waals surface area contributed by atoms with E-state index in [0.717, 1.165) is 44.5 Å². The van der Waals surface area contributed by atoms with Crippen molar-refractivity contribution in [3.05, 3.63) is 83.3 Å². The highest BCUT2D eigenvalue weighted by atomic mass is 19.1. The molecule has 2 aromatic carbocycles. The van der Waals surface area contributed by atoms with Gasteiger partial charge in [-0.1, -0.05) is 18.2 Å². The lowest BCUT2D eigenvalue weighted by Gasteiger charge is -2.36. The van der Waals surface area contributed by atoms with E-state index < -0.39 is 0 Å². The lowest BCUT2D eigenvalue weighted by Crippen LogP contribution is -2.45. The van der Waals surface area contributed by atoms with Gasteiger partial charge in [0.25, 0.3) is 5.91 Å².